The molecule has 70 valence electrons. The first-order valence-electron chi connectivity index (χ1n) is 3.77. The van der Waals surface area contributed by atoms with Gasteiger partial charge in [0, 0.05) is 0 Å². The Balaban J connectivity index is 3.92. The minimum Gasteiger partial charge on any atom is -0.480 e. The molecule has 0 saturated heterocycles. The molecule has 0 unspecified atom stereocenters. The van der Waals surface area contributed by atoms with E-state index < -0.39 is 24.0 Å². The lowest BCUT2D eigenvalue weighted by Gasteiger charge is -2.12. The second-order valence-corrected chi connectivity index (χ2v) is 2.58. The Kier molecular flexibility index (Phi) is 4.28. The van der Waals surface area contributed by atoms with Crippen molar-refractivity contribution in [1.82, 2.24) is 5.32 Å². The maximum atomic E-state index is 11.0. The average Bonchev–Trinajstić information content (AvgIpc) is 2.02. The lowest BCUT2D eigenvalue weighted by molar-refractivity contribution is -0.141. The molecule has 0 heterocycles. The SMILES string of the molecule is CC[C@@H](N)C(=O)N[C@@H](C)C(=O)O. The Morgan fingerprint density at radius 3 is 2.42 bits per heavy atom. The number of carbonyl (C=O) groups excluding carboxylic acids is 1. The molecule has 0 bridgehead atoms. The van der Waals surface area contributed by atoms with Crippen LogP contribution in [0.5, 0.6) is 0 Å². The van der Waals surface area contributed by atoms with Crippen LogP contribution in [-0.4, -0.2) is 29.1 Å². The van der Waals surface area contributed by atoms with E-state index in [9.17, 15) is 9.59 Å². The first-order chi connectivity index (χ1) is 5.49. The van der Waals surface area contributed by atoms with E-state index in [1.165, 1.54) is 6.92 Å². The third-order valence-corrected chi connectivity index (χ3v) is 1.51. The van der Waals surface area contributed by atoms with Gasteiger partial charge in [0.15, 0.2) is 0 Å². The van der Waals surface area contributed by atoms with Crippen molar-refractivity contribution in [2.45, 2.75) is 32.4 Å². The molecule has 0 aliphatic carbocycles. The average molecular weight is 174 g/mol. The Bertz CT molecular complexity index is 181. The van der Waals surface area contributed by atoms with Crippen molar-refractivity contribution in [2.24, 2.45) is 5.73 Å². The van der Waals surface area contributed by atoms with Gasteiger partial charge in [0.05, 0.1) is 6.04 Å². The lowest BCUT2D eigenvalue weighted by Crippen LogP contribution is -2.46. The quantitative estimate of drug-likeness (QED) is 0.526. The first-order valence-corrected chi connectivity index (χ1v) is 3.77. The van der Waals surface area contributed by atoms with Crippen LogP contribution in [0.25, 0.3) is 0 Å². The Hall–Kier alpha value is -1.10. The number of nitrogens with one attached hydrogen (secondary N) is 1. The van der Waals surface area contributed by atoms with Gasteiger partial charge in [0.2, 0.25) is 5.91 Å². The van der Waals surface area contributed by atoms with Crippen LogP contribution in [0.15, 0.2) is 0 Å². The molecule has 0 saturated carbocycles. The summed E-state index contributed by atoms with van der Waals surface area (Å²) < 4.78 is 0. The molecule has 0 aliphatic heterocycles. The lowest BCUT2D eigenvalue weighted by atomic mass is 10.2. The zero-order valence-corrected chi connectivity index (χ0v) is 7.20. The Morgan fingerprint density at radius 1 is 1.58 bits per heavy atom. The molecule has 0 aromatic heterocycles. The van der Waals surface area contributed by atoms with Crippen molar-refractivity contribution < 1.29 is 14.7 Å². The number of aliphatic carboxylic acids is 1. The van der Waals surface area contributed by atoms with Crippen LogP contribution >= 0.6 is 0 Å². The summed E-state index contributed by atoms with van der Waals surface area (Å²) in [6.07, 6.45) is 0.498. The molecule has 12 heavy (non-hydrogen) atoms. The van der Waals surface area contributed by atoms with E-state index >= 15 is 0 Å². The number of hydrogen-bond donors (Lipinski definition) is 3. The molecule has 2 atom stereocenters. The summed E-state index contributed by atoms with van der Waals surface area (Å²) in [6.45, 7) is 3.15. The smallest absolute Gasteiger partial charge is 0.325 e. The molecule has 1 amide bonds. The highest BCUT2D eigenvalue weighted by molar-refractivity contribution is 5.86. The minimum atomic E-state index is -1.06. The molecular weight excluding hydrogens is 160 g/mol. The maximum absolute atomic E-state index is 11.0. The topological polar surface area (TPSA) is 92.4 Å². The van der Waals surface area contributed by atoms with Gasteiger partial charge in [-0.3, -0.25) is 9.59 Å². The summed E-state index contributed by atoms with van der Waals surface area (Å²) in [5.74, 6) is -1.49. The van der Waals surface area contributed by atoms with Crippen molar-refractivity contribution in [3.63, 3.8) is 0 Å². The summed E-state index contributed by atoms with van der Waals surface area (Å²) in [5, 5.41) is 10.7. The highest BCUT2D eigenvalue weighted by atomic mass is 16.4. The second kappa shape index (κ2) is 4.71. The molecule has 0 aromatic carbocycles. The molecule has 0 aromatic rings. The highest BCUT2D eigenvalue weighted by Gasteiger charge is 2.17. The summed E-state index contributed by atoms with van der Waals surface area (Å²) in [4.78, 5) is 21.3. The third-order valence-electron chi connectivity index (χ3n) is 1.51. The number of rotatable bonds is 4. The van der Waals surface area contributed by atoms with E-state index in [1.807, 2.05) is 0 Å². The summed E-state index contributed by atoms with van der Waals surface area (Å²) in [7, 11) is 0. The summed E-state index contributed by atoms with van der Waals surface area (Å²) in [6, 6.07) is -1.50. The fraction of sp³-hybridized carbons (Fsp3) is 0.714. The number of carboxylic acid groups (broad SMARTS) is 1. The van der Waals surface area contributed by atoms with Gasteiger partial charge in [-0.15, -0.1) is 0 Å². The largest absolute Gasteiger partial charge is 0.480 e. The van der Waals surface area contributed by atoms with E-state index in [0.717, 1.165) is 0 Å². The number of amides is 1. The molecule has 0 spiro atoms. The van der Waals surface area contributed by atoms with Gasteiger partial charge in [-0.2, -0.15) is 0 Å². The van der Waals surface area contributed by atoms with Crippen molar-refractivity contribution in [2.75, 3.05) is 0 Å². The number of nitrogens with two attached hydrogens (primary N) is 1. The molecule has 4 N–H and O–H groups in total. The molecule has 0 radical (unpaired) electrons. The second-order valence-electron chi connectivity index (χ2n) is 2.58. The van der Waals surface area contributed by atoms with Gasteiger partial charge in [-0.05, 0) is 13.3 Å². The zero-order chi connectivity index (χ0) is 9.72. The summed E-state index contributed by atoms with van der Waals surface area (Å²) >= 11 is 0. The molecular formula is C7H14N2O3. The normalized spacial score (nSPS) is 14.9. The van der Waals surface area contributed by atoms with Crippen LogP contribution in [-0.2, 0) is 9.59 Å². The highest BCUT2D eigenvalue weighted by Crippen LogP contribution is 1.88. The molecule has 5 heteroatoms. The summed E-state index contributed by atoms with van der Waals surface area (Å²) in [5.41, 5.74) is 5.36. The maximum Gasteiger partial charge on any atom is 0.325 e. The van der Waals surface area contributed by atoms with Gasteiger partial charge in [-0.25, -0.2) is 0 Å². The number of carboxylic acids is 1. The van der Waals surface area contributed by atoms with Crippen LogP contribution in [0.1, 0.15) is 20.3 Å². The van der Waals surface area contributed by atoms with Gasteiger partial charge in [0.1, 0.15) is 6.04 Å². The van der Waals surface area contributed by atoms with Crippen LogP contribution in [0.4, 0.5) is 0 Å². The monoisotopic (exact) mass is 174 g/mol. The predicted molar refractivity (Wildman–Crippen MR) is 43.5 cm³/mol. The van der Waals surface area contributed by atoms with Crippen molar-refractivity contribution in [3.05, 3.63) is 0 Å². The van der Waals surface area contributed by atoms with Crippen molar-refractivity contribution >= 4 is 11.9 Å². The van der Waals surface area contributed by atoms with Crippen LogP contribution in [0, 0.1) is 0 Å². The van der Waals surface area contributed by atoms with Gasteiger partial charge in [0.25, 0.3) is 0 Å². The molecule has 0 fully saturated rings. The van der Waals surface area contributed by atoms with E-state index in [2.05, 4.69) is 5.32 Å². The zero-order valence-electron chi connectivity index (χ0n) is 7.20. The molecule has 5 nitrogen and oxygen atoms in total. The van der Waals surface area contributed by atoms with Crippen LogP contribution in [0.2, 0.25) is 0 Å². The first kappa shape index (κ1) is 10.9. The number of carbonyl (C=O) groups is 2. The standard InChI is InChI=1S/C7H14N2O3/c1-3-5(8)6(10)9-4(2)7(11)12/h4-5H,3,8H2,1-2H3,(H,9,10)(H,11,12)/t4-,5+/m0/s1. The van der Waals surface area contributed by atoms with Crippen molar-refractivity contribution in [3.8, 4) is 0 Å². The van der Waals surface area contributed by atoms with Crippen LogP contribution in [0.3, 0.4) is 0 Å². The van der Waals surface area contributed by atoms with E-state index in [0.29, 0.717) is 6.42 Å². The molecule has 0 aliphatic rings. The van der Waals surface area contributed by atoms with Crippen molar-refractivity contribution in [1.29, 1.82) is 0 Å². The van der Waals surface area contributed by atoms with Gasteiger partial charge >= 0.3 is 5.97 Å². The third kappa shape index (κ3) is 3.34. The van der Waals surface area contributed by atoms with E-state index in [4.69, 9.17) is 10.8 Å². The predicted octanol–water partition coefficient (Wildman–Crippen LogP) is -0.687. The fourth-order valence-corrected chi connectivity index (χ4v) is 0.568. The fourth-order valence-electron chi connectivity index (χ4n) is 0.568. The van der Waals surface area contributed by atoms with Gasteiger partial charge < -0.3 is 16.2 Å². The molecule has 0 rings (SSSR count). The Labute approximate surface area is 70.9 Å². The number of hydrogen-bond acceptors (Lipinski definition) is 3. The Morgan fingerprint density at radius 2 is 2.08 bits per heavy atom. The van der Waals surface area contributed by atoms with Gasteiger partial charge in [-0.1, -0.05) is 6.92 Å². The van der Waals surface area contributed by atoms with E-state index in [1.54, 1.807) is 6.92 Å². The van der Waals surface area contributed by atoms with Crippen LogP contribution < -0.4 is 11.1 Å². The minimum absolute atomic E-state index is 0.424. The van der Waals surface area contributed by atoms with E-state index in [-0.39, 0.29) is 0 Å².